The number of aryl methyl sites for hydroxylation is 2. The molecule has 0 bridgehead atoms. The maximum Gasteiger partial charge on any atom is 0.261 e. The largest absolute Gasteiger partial charge is 0.483 e. The first-order valence-corrected chi connectivity index (χ1v) is 12.8. The van der Waals surface area contributed by atoms with Gasteiger partial charge >= 0.3 is 0 Å². The van der Waals surface area contributed by atoms with E-state index in [0.29, 0.717) is 17.7 Å². The predicted octanol–water partition coefficient (Wildman–Crippen LogP) is 5.68. The lowest BCUT2D eigenvalue weighted by molar-refractivity contribution is -0.143. The van der Waals surface area contributed by atoms with Gasteiger partial charge in [-0.1, -0.05) is 61.5 Å². The smallest absolute Gasteiger partial charge is 0.261 e. The standard InChI is InChI=1S/C31H37FN2O3/c1-6-23(4)33-31(36)28(18-25-12-8-7-9-13-25)34(19-26-14-10-11-15-27(26)32)30(35)20-37-29-17-21(2)16-22(3)24(29)5/h7-17,23,28H,6,18-20H2,1-5H3,(H,33,36). The lowest BCUT2D eigenvalue weighted by Gasteiger charge is -2.32. The van der Waals surface area contributed by atoms with Crippen molar-refractivity contribution in [3.8, 4) is 5.75 Å². The van der Waals surface area contributed by atoms with Crippen LogP contribution in [-0.2, 0) is 22.6 Å². The summed E-state index contributed by atoms with van der Waals surface area (Å²) in [6.45, 7) is 9.51. The molecule has 1 N–H and O–H groups in total. The number of amides is 2. The van der Waals surface area contributed by atoms with E-state index < -0.39 is 11.9 Å². The fraction of sp³-hybridized carbons (Fsp3) is 0.355. The lowest BCUT2D eigenvalue weighted by atomic mass is 10.0. The minimum atomic E-state index is -0.840. The molecule has 0 spiro atoms. The third-order valence-corrected chi connectivity index (χ3v) is 6.69. The Morgan fingerprint density at radius 3 is 2.35 bits per heavy atom. The zero-order valence-corrected chi connectivity index (χ0v) is 22.4. The van der Waals surface area contributed by atoms with Crippen LogP contribution in [0.15, 0.2) is 66.7 Å². The highest BCUT2D eigenvalue weighted by atomic mass is 19.1. The molecule has 0 fully saturated rings. The van der Waals surface area contributed by atoms with Gasteiger partial charge in [-0.25, -0.2) is 4.39 Å². The Balaban J connectivity index is 1.96. The van der Waals surface area contributed by atoms with Gasteiger partial charge in [-0.05, 0) is 68.5 Å². The van der Waals surface area contributed by atoms with Crippen molar-refractivity contribution in [3.63, 3.8) is 0 Å². The fourth-order valence-corrected chi connectivity index (χ4v) is 4.18. The number of halogens is 1. The minimum absolute atomic E-state index is 0.0495. The summed E-state index contributed by atoms with van der Waals surface area (Å²) >= 11 is 0. The molecule has 6 heteroatoms. The summed E-state index contributed by atoms with van der Waals surface area (Å²) in [6.07, 6.45) is 1.05. The summed E-state index contributed by atoms with van der Waals surface area (Å²) < 4.78 is 20.7. The van der Waals surface area contributed by atoms with Crippen molar-refractivity contribution in [3.05, 3.63) is 100 Å². The molecule has 0 aliphatic heterocycles. The molecule has 2 unspecified atom stereocenters. The van der Waals surface area contributed by atoms with Crippen molar-refractivity contribution in [1.82, 2.24) is 10.2 Å². The number of nitrogens with one attached hydrogen (secondary N) is 1. The van der Waals surface area contributed by atoms with E-state index in [1.165, 1.54) is 11.0 Å². The van der Waals surface area contributed by atoms with Gasteiger partial charge in [-0.15, -0.1) is 0 Å². The normalized spacial score (nSPS) is 12.5. The van der Waals surface area contributed by atoms with Gasteiger partial charge in [0.15, 0.2) is 6.61 Å². The van der Waals surface area contributed by atoms with Gasteiger partial charge in [0.05, 0.1) is 0 Å². The van der Waals surface area contributed by atoms with Crippen molar-refractivity contribution in [2.45, 2.75) is 66.1 Å². The van der Waals surface area contributed by atoms with E-state index in [1.807, 2.05) is 71.0 Å². The Hall–Kier alpha value is -3.67. The molecule has 3 rings (SSSR count). The third-order valence-electron chi connectivity index (χ3n) is 6.69. The monoisotopic (exact) mass is 504 g/mol. The molecule has 37 heavy (non-hydrogen) atoms. The van der Waals surface area contributed by atoms with Crippen molar-refractivity contribution < 1.29 is 18.7 Å². The Kier molecular flexibility index (Phi) is 9.84. The summed E-state index contributed by atoms with van der Waals surface area (Å²) in [5, 5.41) is 3.02. The molecule has 0 saturated carbocycles. The number of carbonyl (C=O) groups excluding carboxylic acids is 2. The molecule has 196 valence electrons. The van der Waals surface area contributed by atoms with Crippen LogP contribution in [0.5, 0.6) is 5.75 Å². The van der Waals surface area contributed by atoms with E-state index in [4.69, 9.17) is 4.74 Å². The summed E-state index contributed by atoms with van der Waals surface area (Å²) in [5.41, 5.74) is 4.30. The molecular weight excluding hydrogens is 467 g/mol. The summed E-state index contributed by atoms with van der Waals surface area (Å²) in [4.78, 5) is 28.7. The van der Waals surface area contributed by atoms with Crippen molar-refractivity contribution in [2.24, 2.45) is 0 Å². The highest BCUT2D eigenvalue weighted by Gasteiger charge is 2.32. The fourth-order valence-electron chi connectivity index (χ4n) is 4.18. The second kappa shape index (κ2) is 13.0. The average molecular weight is 505 g/mol. The number of hydrogen-bond acceptors (Lipinski definition) is 3. The predicted molar refractivity (Wildman–Crippen MR) is 145 cm³/mol. The Labute approximate surface area is 219 Å². The van der Waals surface area contributed by atoms with Crippen molar-refractivity contribution >= 4 is 11.8 Å². The van der Waals surface area contributed by atoms with Crippen LogP contribution in [0.2, 0.25) is 0 Å². The van der Waals surface area contributed by atoms with Crippen LogP contribution >= 0.6 is 0 Å². The van der Waals surface area contributed by atoms with E-state index in [0.717, 1.165) is 28.7 Å². The Morgan fingerprint density at radius 1 is 1.00 bits per heavy atom. The average Bonchev–Trinajstić information content (AvgIpc) is 2.88. The van der Waals surface area contributed by atoms with Gasteiger partial charge in [0.25, 0.3) is 5.91 Å². The van der Waals surface area contributed by atoms with Gasteiger partial charge in [0, 0.05) is 24.6 Å². The van der Waals surface area contributed by atoms with E-state index in [9.17, 15) is 14.0 Å². The van der Waals surface area contributed by atoms with E-state index >= 15 is 0 Å². The zero-order valence-electron chi connectivity index (χ0n) is 22.4. The first-order chi connectivity index (χ1) is 17.7. The molecule has 0 aromatic heterocycles. The highest BCUT2D eigenvalue weighted by Crippen LogP contribution is 2.24. The molecule has 0 radical (unpaired) electrons. The molecular formula is C31H37FN2O3. The Bertz CT molecular complexity index is 1210. The molecule has 5 nitrogen and oxygen atoms in total. The minimum Gasteiger partial charge on any atom is -0.483 e. The SMILES string of the molecule is CCC(C)NC(=O)C(Cc1ccccc1)N(Cc1ccccc1F)C(=O)COc1cc(C)cc(C)c1C. The van der Waals surface area contributed by atoms with Gasteiger partial charge in [-0.3, -0.25) is 9.59 Å². The van der Waals surface area contributed by atoms with Crippen LogP contribution in [0.4, 0.5) is 4.39 Å². The first-order valence-electron chi connectivity index (χ1n) is 12.8. The number of ether oxygens (including phenoxy) is 1. The van der Waals surface area contributed by atoms with Crippen LogP contribution in [0.3, 0.4) is 0 Å². The summed E-state index contributed by atoms with van der Waals surface area (Å²) in [7, 11) is 0. The van der Waals surface area contributed by atoms with Gasteiger partial charge in [-0.2, -0.15) is 0 Å². The number of nitrogens with zero attached hydrogens (tertiary/aromatic N) is 1. The van der Waals surface area contributed by atoms with Crippen molar-refractivity contribution in [2.75, 3.05) is 6.61 Å². The highest BCUT2D eigenvalue weighted by molar-refractivity contribution is 5.88. The summed E-state index contributed by atoms with van der Waals surface area (Å²) in [6, 6.07) is 18.9. The Morgan fingerprint density at radius 2 is 1.68 bits per heavy atom. The zero-order chi connectivity index (χ0) is 26.9. The first kappa shape index (κ1) is 27.9. The van der Waals surface area contributed by atoms with Gasteiger partial charge < -0.3 is 15.0 Å². The molecule has 0 saturated heterocycles. The second-order valence-corrected chi connectivity index (χ2v) is 9.63. The van der Waals surface area contributed by atoms with E-state index in [2.05, 4.69) is 11.4 Å². The van der Waals surface area contributed by atoms with Gasteiger partial charge in [0.2, 0.25) is 5.91 Å². The molecule has 0 aliphatic carbocycles. The van der Waals surface area contributed by atoms with E-state index in [-0.39, 0.29) is 31.0 Å². The van der Waals surface area contributed by atoms with E-state index in [1.54, 1.807) is 18.2 Å². The van der Waals surface area contributed by atoms with Crippen molar-refractivity contribution in [1.29, 1.82) is 0 Å². The molecule has 2 atom stereocenters. The molecule has 3 aromatic rings. The third kappa shape index (κ3) is 7.66. The summed E-state index contributed by atoms with van der Waals surface area (Å²) in [5.74, 6) is -0.458. The molecule has 3 aromatic carbocycles. The molecule has 0 aliphatic rings. The molecule has 2 amide bonds. The van der Waals surface area contributed by atoms with Gasteiger partial charge in [0.1, 0.15) is 17.6 Å². The number of benzene rings is 3. The topological polar surface area (TPSA) is 58.6 Å². The van der Waals surface area contributed by atoms with Crippen LogP contribution < -0.4 is 10.1 Å². The van der Waals surface area contributed by atoms with Crippen LogP contribution in [-0.4, -0.2) is 35.4 Å². The number of carbonyl (C=O) groups is 2. The number of hydrogen-bond donors (Lipinski definition) is 1. The maximum atomic E-state index is 14.7. The quantitative estimate of drug-likeness (QED) is 0.365. The van der Waals surface area contributed by atoms with Crippen LogP contribution in [0, 0.1) is 26.6 Å². The number of rotatable bonds is 11. The molecule has 0 heterocycles. The lowest BCUT2D eigenvalue weighted by Crippen LogP contribution is -2.53. The maximum absolute atomic E-state index is 14.7. The van der Waals surface area contributed by atoms with Crippen LogP contribution in [0.1, 0.15) is 48.1 Å². The second-order valence-electron chi connectivity index (χ2n) is 9.63. The van der Waals surface area contributed by atoms with Crippen LogP contribution in [0.25, 0.3) is 0 Å².